The molecule has 0 bridgehead atoms. The van der Waals surface area contributed by atoms with Gasteiger partial charge in [0.05, 0.1) is 0 Å². The molecule has 0 saturated heterocycles. The summed E-state index contributed by atoms with van der Waals surface area (Å²) in [5.41, 5.74) is -13.5. The van der Waals surface area contributed by atoms with Gasteiger partial charge in [-0.2, -0.15) is 4.57 Å². The van der Waals surface area contributed by atoms with Gasteiger partial charge in [0.25, 0.3) is 0 Å². The number of aromatic nitrogens is 1. The number of nitrogens with zero attached hydrogens (tertiary/aromatic N) is 3. The van der Waals surface area contributed by atoms with Crippen molar-refractivity contribution in [3.63, 3.8) is 0 Å². The van der Waals surface area contributed by atoms with Gasteiger partial charge in [0.2, 0.25) is 5.52 Å². The van der Waals surface area contributed by atoms with E-state index in [0.29, 0.717) is 0 Å². The molecule has 0 amide bonds. The van der Waals surface area contributed by atoms with Crippen LogP contribution < -0.4 is 26.4 Å². The number of halogens is 20. The van der Waals surface area contributed by atoms with Gasteiger partial charge in [0.1, 0.15) is 68.6 Å². The molecule has 6 aromatic rings. The summed E-state index contributed by atoms with van der Waals surface area (Å²) in [6, 6.07) is 11.1. The number of hydrogen-bond donors (Lipinski definition) is 0. The number of pyridine rings is 1. The molecule has 0 spiro atoms. The standard InChI is InChI=1S/C24BF20.C12H10N3O4/c26-5-1(6(27)14(35)21(42)13(5)34)25(2-7(28)15(36)22(43)16(37)8(2)29,3-9(30)17(38)23(44)18(39)10(3)31)4-11(32)19(40)24(45)20(41)12(4)33;16-14(17)12(15(18)19)7-9-13-8-3-5-10-4-1-2-6-11(10)13/h;1-8H,9H2/q-1;+1. The van der Waals surface area contributed by atoms with Crippen LogP contribution in [-0.4, -0.2) is 16.0 Å². The molecular weight excluding hydrogens is 929 g/mol. The Hall–Kier alpha value is -7.29. The quantitative estimate of drug-likeness (QED) is 0.0304. The molecule has 5 aromatic carbocycles. The van der Waals surface area contributed by atoms with Gasteiger partial charge in [-0.25, -0.2) is 87.8 Å². The van der Waals surface area contributed by atoms with Gasteiger partial charge in [-0.3, -0.25) is 20.2 Å². The Balaban J connectivity index is 0.000000337. The fourth-order valence-electron chi connectivity index (χ4n) is 6.65. The first-order chi connectivity index (χ1) is 29.8. The van der Waals surface area contributed by atoms with Gasteiger partial charge in [-0.05, 0) is 12.1 Å². The average Bonchev–Trinajstić information content (AvgIpc) is 3.26. The van der Waals surface area contributed by atoms with Crippen molar-refractivity contribution in [1.82, 2.24) is 0 Å². The van der Waals surface area contributed by atoms with Gasteiger partial charge in [0, 0.05) is 17.5 Å². The van der Waals surface area contributed by atoms with E-state index in [4.69, 9.17) is 0 Å². The summed E-state index contributed by atoms with van der Waals surface area (Å²) < 4.78 is 296. The monoisotopic (exact) mass is 939 g/mol. The molecule has 0 radical (unpaired) electrons. The first-order valence-corrected chi connectivity index (χ1v) is 16.4. The number of hydrogen-bond acceptors (Lipinski definition) is 4. The molecule has 1 heterocycles. The smallest absolute Gasteiger partial charge is 0.253 e. The van der Waals surface area contributed by atoms with Crippen molar-refractivity contribution in [3.05, 3.63) is 191 Å². The summed E-state index contributed by atoms with van der Waals surface area (Å²) in [4.78, 5) is 19.0. The third kappa shape index (κ3) is 7.33. The van der Waals surface area contributed by atoms with Crippen LogP contribution >= 0.6 is 0 Å². The zero-order valence-electron chi connectivity index (χ0n) is 29.9. The summed E-state index contributed by atoms with van der Waals surface area (Å²) in [6.45, 7) is 0.0681. The molecule has 0 N–H and O–H groups in total. The van der Waals surface area contributed by atoms with Crippen molar-refractivity contribution in [2.24, 2.45) is 0 Å². The largest absolute Gasteiger partial charge is 0.560 e. The molecule has 7 nitrogen and oxygen atoms in total. The van der Waals surface area contributed by atoms with Gasteiger partial charge in [-0.1, -0.05) is 12.1 Å². The predicted molar refractivity (Wildman–Crippen MR) is 175 cm³/mol. The highest BCUT2D eigenvalue weighted by molar-refractivity contribution is 7.20. The number of rotatable bonds is 8. The van der Waals surface area contributed by atoms with Crippen molar-refractivity contribution < 1.29 is 102 Å². The van der Waals surface area contributed by atoms with Crippen LogP contribution in [0.25, 0.3) is 10.9 Å². The van der Waals surface area contributed by atoms with Crippen LogP contribution in [-0.2, 0) is 6.54 Å². The van der Waals surface area contributed by atoms with E-state index in [1.54, 1.807) is 16.8 Å². The van der Waals surface area contributed by atoms with Crippen LogP contribution in [0.4, 0.5) is 87.8 Å². The molecule has 0 saturated carbocycles. The highest BCUT2D eigenvalue weighted by Gasteiger charge is 2.52. The first kappa shape index (κ1) is 47.8. The SMILES string of the molecule is Fc1c(F)c(F)c([B-](c2c(F)c(F)c(F)c(F)c2F)(c2c(F)c(F)c(F)c(F)c2F)c2c(F)c(F)c(F)c(F)c2F)c(F)c1F.O=[N+]([O-])C(=CC[n+]1cccc2ccccc21)[N+](=O)[O-]. The predicted octanol–water partition coefficient (Wildman–Crippen LogP) is 7.37. The maximum Gasteiger partial charge on any atom is 0.560 e. The molecule has 0 aliphatic rings. The van der Waals surface area contributed by atoms with Gasteiger partial charge >= 0.3 is 5.82 Å². The zero-order chi connectivity index (χ0) is 48.2. The average molecular weight is 939 g/mol. The highest BCUT2D eigenvalue weighted by atomic mass is 19.2. The molecule has 64 heavy (non-hydrogen) atoms. The summed E-state index contributed by atoms with van der Waals surface area (Å²) in [6.07, 6.45) is -4.51. The second kappa shape index (κ2) is 17.5. The molecule has 6 rings (SSSR count). The third-order valence-corrected chi connectivity index (χ3v) is 9.34. The molecule has 0 unspecified atom stereocenters. The molecular formula is C36H10BF20N3O4. The van der Waals surface area contributed by atoms with E-state index in [1.807, 2.05) is 30.3 Å². The van der Waals surface area contributed by atoms with Gasteiger partial charge in [0.15, 0.2) is 82.5 Å². The maximum atomic E-state index is 15.4. The topological polar surface area (TPSA) is 90.2 Å². The summed E-state index contributed by atoms with van der Waals surface area (Å²) >= 11 is 0. The van der Waals surface area contributed by atoms with Gasteiger partial charge in [-0.15, -0.1) is 21.9 Å². The van der Waals surface area contributed by atoms with E-state index >= 15 is 35.1 Å². The van der Waals surface area contributed by atoms with Gasteiger partial charge < -0.3 is 0 Å². The van der Waals surface area contributed by atoms with Crippen LogP contribution in [0.15, 0.2) is 54.5 Å². The van der Waals surface area contributed by atoms with Crippen molar-refractivity contribution in [2.75, 3.05) is 0 Å². The van der Waals surface area contributed by atoms with Crippen molar-refractivity contribution in [2.45, 2.75) is 6.54 Å². The Labute approximate surface area is 338 Å². The fraction of sp³-hybridized carbons (Fsp3) is 0.0278. The lowest BCUT2D eigenvalue weighted by atomic mass is 9.12. The molecule has 336 valence electrons. The minimum absolute atomic E-state index is 0.0681. The van der Waals surface area contributed by atoms with Crippen LogP contribution in [0.1, 0.15) is 0 Å². The first-order valence-electron chi connectivity index (χ1n) is 16.4. The second-order valence-corrected chi connectivity index (χ2v) is 12.6. The van der Waals surface area contributed by atoms with Crippen LogP contribution in [0, 0.1) is 137 Å². The Bertz CT molecular complexity index is 2600. The summed E-state index contributed by atoms with van der Waals surface area (Å²) in [7, 11) is 0. The highest BCUT2D eigenvalue weighted by Crippen LogP contribution is 2.30. The van der Waals surface area contributed by atoms with E-state index < -0.39 is 160 Å². The fourth-order valence-corrected chi connectivity index (χ4v) is 6.65. The number of benzene rings is 5. The Kier molecular flexibility index (Phi) is 13.0. The normalized spacial score (nSPS) is 11.4. The Morgan fingerprint density at radius 2 is 0.672 bits per heavy atom. The number of para-hydroxylation sites is 1. The second-order valence-electron chi connectivity index (χ2n) is 12.6. The summed E-state index contributed by atoms with van der Waals surface area (Å²) in [5, 5.41) is 22.0. The lowest BCUT2D eigenvalue weighted by Crippen LogP contribution is -2.81. The molecule has 0 atom stereocenters. The van der Waals surface area contributed by atoms with Crippen LogP contribution in [0.5, 0.6) is 0 Å². The van der Waals surface area contributed by atoms with E-state index in [9.17, 15) is 72.9 Å². The molecule has 28 heteroatoms. The number of allylic oxidation sites excluding steroid dienone is 1. The van der Waals surface area contributed by atoms with E-state index in [2.05, 4.69) is 0 Å². The molecule has 0 aliphatic heterocycles. The van der Waals surface area contributed by atoms with E-state index in [1.165, 1.54) is 0 Å². The van der Waals surface area contributed by atoms with Crippen molar-refractivity contribution in [1.29, 1.82) is 0 Å². The van der Waals surface area contributed by atoms with Crippen molar-refractivity contribution in [3.8, 4) is 0 Å². The minimum Gasteiger partial charge on any atom is -0.253 e. The van der Waals surface area contributed by atoms with Crippen LogP contribution in [0.2, 0.25) is 0 Å². The maximum absolute atomic E-state index is 15.4. The Morgan fingerprint density at radius 3 is 0.953 bits per heavy atom. The number of fused-ring (bicyclic) bond motifs is 1. The Morgan fingerprint density at radius 1 is 0.422 bits per heavy atom. The van der Waals surface area contributed by atoms with Crippen molar-refractivity contribution >= 4 is 38.9 Å². The van der Waals surface area contributed by atoms with E-state index in [-0.39, 0.29) is 6.54 Å². The molecule has 1 aromatic heterocycles. The molecule has 0 fully saturated rings. The zero-order valence-corrected chi connectivity index (χ0v) is 29.9. The lowest BCUT2D eigenvalue weighted by molar-refractivity contribution is -0.666. The summed E-state index contributed by atoms with van der Waals surface area (Å²) in [5.74, 6) is -72.4. The van der Waals surface area contributed by atoms with E-state index in [0.717, 1.165) is 17.0 Å². The van der Waals surface area contributed by atoms with Crippen LogP contribution in [0.3, 0.4) is 0 Å². The minimum atomic E-state index is -7.22. The lowest BCUT2D eigenvalue weighted by Gasteiger charge is -2.44. The third-order valence-electron chi connectivity index (χ3n) is 9.34. The number of nitro groups is 2. The molecule has 0 aliphatic carbocycles.